The predicted molar refractivity (Wildman–Crippen MR) is 77.5 cm³/mol. The minimum absolute atomic E-state index is 0.357. The van der Waals surface area contributed by atoms with Crippen LogP contribution < -0.4 is 10.5 Å². The highest BCUT2D eigenvalue weighted by Gasteiger charge is 2.13. The zero-order chi connectivity index (χ0) is 14.0. The van der Waals surface area contributed by atoms with E-state index in [0.717, 1.165) is 23.4 Å². The number of benzene rings is 1. The quantitative estimate of drug-likeness (QED) is 0.875. The molecular weight excluding hydrogens is 262 g/mol. The molecule has 1 aromatic heterocycles. The van der Waals surface area contributed by atoms with Crippen molar-refractivity contribution in [2.75, 3.05) is 5.73 Å². The summed E-state index contributed by atoms with van der Waals surface area (Å²) in [4.78, 5) is 0. The number of nitrogens with zero attached hydrogens (tertiary/aromatic N) is 2. The summed E-state index contributed by atoms with van der Waals surface area (Å²) in [5.74, 6) is 0.668. The second kappa shape index (κ2) is 5.53. The number of nitrogens with two attached hydrogens (primary N) is 1. The van der Waals surface area contributed by atoms with Gasteiger partial charge in [0.1, 0.15) is 12.4 Å². The Kier molecular flexibility index (Phi) is 4.00. The molecule has 2 rings (SSSR count). The monoisotopic (exact) mass is 279 g/mol. The molecule has 0 unspecified atom stereocenters. The summed E-state index contributed by atoms with van der Waals surface area (Å²) in [5.41, 5.74) is 9.40. The van der Waals surface area contributed by atoms with Gasteiger partial charge in [-0.05, 0) is 31.0 Å². The molecule has 0 aliphatic heterocycles. The molecule has 19 heavy (non-hydrogen) atoms. The van der Waals surface area contributed by atoms with E-state index in [0.29, 0.717) is 23.1 Å². The van der Waals surface area contributed by atoms with Crippen LogP contribution in [0.4, 0.5) is 5.69 Å². The number of halogens is 1. The topological polar surface area (TPSA) is 53.1 Å². The molecular formula is C14H18ClN3O. The number of rotatable bonds is 4. The summed E-state index contributed by atoms with van der Waals surface area (Å²) in [6.45, 7) is 4.37. The maximum Gasteiger partial charge on any atom is 0.142 e. The van der Waals surface area contributed by atoms with Crippen LogP contribution >= 0.6 is 11.6 Å². The number of aryl methyl sites for hydroxylation is 3. The van der Waals surface area contributed by atoms with Crippen molar-refractivity contribution in [3.63, 3.8) is 0 Å². The Morgan fingerprint density at radius 3 is 2.74 bits per heavy atom. The lowest BCUT2D eigenvalue weighted by atomic mass is 10.2. The molecule has 0 aliphatic rings. The van der Waals surface area contributed by atoms with Gasteiger partial charge in [0.05, 0.1) is 22.1 Å². The molecule has 0 amide bonds. The molecule has 2 N–H and O–H groups in total. The maximum atomic E-state index is 6.27. The molecule has 4 nitrogen and oxygen atoms in total. The lowest BCUT2D eigenvalue weighted by Crippen LogP contribution is -2.05. The van der Waals surface area contributed by atoms with Crippen LogP contribution in [0.15, 0.2) is 18.2 Å². The average Bonchev–Trinajstić information content (AvgIpc) is 2.64. The van der Waals surface area contributed by atoms with Gasteiger partial charge in [0.15, 0.2) is 0 Å². The molecule has 2 aromatic rings. The van der Waals surface area contributed by atoms with E-state index in [4.69, 9.17) is 22.1 Å². The number of nitrogen functional groups attached to an aromatic ring is 1. The first-order valence-corrected chi connectivity index (χ1v) is 6.60. The van der Waals surface area contributed by atoms with Crippen molar-refractivity contribution in [3.05, 3.63) is 40.2 Å². The van der Waals surface area contributed by atoms with Crippen molar-refractivity contribution in [1.29, 1.82) is 0 Å². The fourth-order valence-electron chi connectivity index (χ4n) is 1.92. The molecule has 0 aliphatic carbocycles. The van der Waals surface area contributed by atoms with Gasteiger partial charge >= 0.3 is 0 Å². The van der Waals surface area contributed by atoms with Gasteiger partial charge in [-0.25, -0.2) is 0 Å². The van der Waals surface area contributed by atoms with Crippen LogP contribution in [0.3, 0.4) is 0 Å². The van der Waals surface area contributed by atoms with Crippen LogP contribution in [-0.4, -0.2) is 9.78 Å². The Morgan fingerprint density at radius 1 is 1.42 bits per heavy atom. The minimum atomic E-state index is 0.357. The molecule has 1 heterocycles. The first-order chi connectivity index (χ1) is 9.02. The van der Waals surface area contributed by atoms with Crippen molar-refractivity contribution in [1.82, 2.24) is 9.78 Å². The standard InChI is InChI=1S/C14H18ClN3O/c1-4-11-14(15)12(18(3)17-11)8-19-13-6-5-9(2)7-10(13)16/h5-7H,4,8,16H2,1-3H3. The third-order valence-electron chi connectivity index (χ3n) is 3.03. The van der Waals surface area contributed by atoms with Crippen LogP contribution in [0.5, 0.6) is 5.75 Å². The van der Waals surface area contributed by atoms with Gasteiger partial charge in [0.25, 0.3) is 0 Å². The predicted octanol–water partition coefficient (Wildman–Crippen LogP) is 3.11. The molecule has 0 radical (unpaired) electrons. The average molecular weight is 280 g/mol. The fraction of sp³-hybridized carbons (Fsp3) is 0.357. The van der Waals surface area contributed by atoms with Gasteiger partial charge in [0, 0.05) is 7.05 Å². The Hall–Kier alpha value is -1.68. The van der Waals surface area contributed by atoms with E-state index in [-0.39, 0.29) is 0 Å². The van der Waals surface area contributed by atoms with Crippen molar-refractivity contribution in [2.24, 2.45) is 7.05 Å². The largest absolute Gasteiger partial charge is 0.485 e. The summed E-state index contributed by atoms with van der Waals surface area (Å²) < 4.78 is 7.48. The molecule has 0 saturated carbocycles. The second-order valence-electron chi connectivity index (χ2n) is 4.51. The summed E-state index contributed by atoms with van der Waals surface area (Å²) >= 11 is 6.27. The molecule has 0 fully saturated rings. The van der Waals surface area contributed by atoms with Crippen molar-refractivity contribution in [3.8, 4) is 5.75 Å². The van der Waals surface area contributed by atoms with Crippen LogP contribution in [0.25, 0.3) is 0 Å². The van der Waals surface area contributed by atoms with E-state index in [2.05, 4.69) is 5.10 Å². The van der Waals surface area contributed by atoms with Gasteiger partial charge in [-0.3, -0.25) is 4.68 Å². The highest BCUT2D eigenvalue weighted by Crippen LogP contribution is 2.26. The third kappa shape index (κ3) is 2.84. The summed E-state index contributed by atoms with van der Waals surface area (Å²) in [6, 6.07) is 5.72. The van der Waals surface area contributed by atoms with Gasteiger partial charge < -0.3 is 10.5 Å². The Morgan fingerprint density at radius 2 is 2.16 bits per heavy atom. The van der Waals surface area contributed by atoms with E-state index in [1.54, 1.807) is 4.68 Å². The van der Waals surface area contributed by atoms with Gasteiger partial charge in [-0.2, -0.15) is 5.10 Å². The number of aromatic nitrogens is 2. The first-order valence-electron chi connectivity index (χ1n) is 6.22. The molecule has 0 saturated heterocycles. The van der Waals surface area contributed by atoms with Gasteiger partial charge in [-0.15, -0.1) is 0 Å². The van der Waals surface area contributed by atoms with Crippen LogP contribution in [-0.2, 0) is 20.1 Å². The van der Waals surface area contributed by atoms with Crippen molar-refractivity contribution >= 4 is 17.3 Å². The fourth-order valence-corrected chi connectivity index (χ4v) is 2.27. The minimum Gasteiger partial charge on any atom is -0.485 e. The SMILES string of the molecule is CCc1nn(C)c(COc2ccc(C)cc2N)c1Cl. The highest BCUT2D eigenvalue weighted by atomic mass is 35.5. The van der Waals surface area contributed by atoms with E-state index < -0.39 is 0 Å². The Bertz CT molecular complexity index is 593. The van der Waals surface area contributed by atoms with E-state index in [1.807, 2.05) is 39.1 Å². The maximum absolute atomic E-state index is 6.27. The Labute approximate surface area is 118 Å². The van der Waals surface area contributed by atoms with Gasteiger partial charge in [0.2, 0.25) is 0 Å². The molecule has 0 bridgehead atoms. The lowest BCUT2D eigenvalue weighted by molar-refractivity contribution is 0.296. The molecule has 1 aromatic carbocycles. The van der Waals surface area contributed by atoms with Crippen molar-refractivity contribution < 1.29 is 4.74 Å². The highest BCUT2D eigenvalue weighted by molar-refractivity contribution is 6.31. The zero-order valence-electron chi connectivity index (χ0n) is 11.4. The van der Waals surface area contributed by atoms with Gasteiger partial charge in [-0.1, -0.05) is 24.6 Å². The first kappa shape index (κ1) is 13.7. The normalized spacial score (nSPS) is 10.7. The third-order valence-corrected chi connectivity index (χ3v) is 3.47. The Balaban J connectivity index is 2.16. The lowest BCUT2D eigenvalue weighted by Gasteiger charge is -2.10. The van der Waals surface area contributed by atoms with Crippen molar-refractivity contribution in [2.45, 2.75) is 26.9 Å². The van der Waals surface area contributed by atoms with E-state index >= 15 is 0 Å². The number of anilines is 1. The molecule has 0 atom stereocenters. The summed E-state index contributed by atoms with van der Waals surface area (Å²) in [6.07, 6.45) is 0.805. The molecule has 0 spiro atoms. The van der Waals surface area contributed by atoms with Crippen LogP contribution in [0.1, 0.15) is 23.9 Å². The zero-order valence-corrected chi connectivity index (χ0v) is 12.2. The molecule has 102 valence electrons. The number of hydrogen-bond acceptors (Lipinski definition) is 3. The number of hydrogen-bond donors (Lipinski definition) is 1. The molecule has 5 heteroatoms. The van der Waals surface area contributed by atoms with Crippen LogP contribution in [0.2, 0.25) is 5.02 Å². The second-order valence-corrected chi connectivity index (χ2v) is 4.89. The summed E-state index contributed by atoms with van der Waals surface area (Å²) in [7, 11) is 1.86. The van der Waals surface area contributed by atoms with Crippen LogP contribution in [0, 0.1) is 6.92 Å². The van der Waals surface area contributed by atoms with E-state index in [1.165, 1.54) is 0 Å². The number of ether oxygens (including phenoxy) is 1. The van der Waals surface area contributed by atoms with E-state index in [9.17, 15) is 0 Å². The summed E-state index contributed by atoms with van der Waals surface area (Å²) in [5, 5.41) is 5.03. The smallest absolute Gasteiger partial charge is 0.142 e.